The van der Waals surface area contributed by atoms with Crippen molar-refractivity contribution in [2.45, 2.75) is 0 Å². The Balaban J connectivity index is 1.97. The Labute approximate surface area is 172 Å². The lowest BCUT2D eigenvalue weighted by Gasteiger charge is -2.19. The van der Waals surface area contributed by atoms with Crippen molar-refractivity contribution in [2.75, 3.05) is 19.0 Å². The van der Waals surface area contributed by atoms with E-state index < -0.39 is 0 Å². The molecule has 0 amide bonds. The summed E-state index contributed by atoms with van der Waals surface area (Å²) in [5, 5.41) is 0. The van der Waals surface area contributed by atoms with Gasteiger partial charge in [-0.2, -0.15) is 0 Å². The summed E-state index contributed by atoms with van der Waals surface area (Å²) in [6.45, 7) is 0. The number of benzene rings is 3. The third-order valence-corrected chi connectivity index (χ3v) is 4.79. The smallest absolute Gasteiger partial charge is 0.0812 e. The number of anilines is 1. The average Bonchev–Trinajstić information content (AvgIpc) is 2.79. The first-order valence-electron chi connectivity index (χ1n) is 9.64. The Morgan fingerprint density at radius 2 is 1.28 bits per heavy atom. The Bertz CT molecular complexity index is 1040. The minimum Gasteiger partial charge on any atom is -0.378 e. The van der Waals surface area contributed by atoms with Crippen LogP contribution in [-0.4, -0.2) is 25.3 Å². The average molecular weight is 377 g/mol. The molecule has 3 aromatic carbocycles. The minimum absolute atomic E-state index is 0.835. The number of nitrogens with zero attached hydrogens (tertiary/aromatic N) is 3. The van der Waals surface area contributed by atoms with Crippen LogP contribution < -0.4 is 4.90 Å². The second kappa shape index (κ2) is 8.53. The van der Waals surface area contributed by atoms with E-state index >= 15 is 0 Å². The summed E-state index contributed by atoms with van der Waals surface area (Å²) < 4.78 is 0. The van der Waals surface area contributed by atoms with Gasteiger partial charge in [0.05, 0.1) is 17.6 Å². The van der Waals surface area contributed by atoms with Gasteiger partial charge in [0.15, 0.2) is 0 Å². The third-order valence-electron chi connectivity index (χ3n) is 4.79. The lowest BCUT2D eigenvalue weighted by Crippen LogP contribution is -2.09. The van der Waals surface area contributed by atoms with Crippen molar-refractivity contribution < 1.29 is 0 Å². The highest BCUT2D eigenvalue weighted by Crippen LogP contribution is 2.42. The first kappa shape index (κ1) is 18.6. The van der Waals surface area contributed by atoms with E-state index in [2.05, 4.69) is 84.6 Å². The number of hydrogen-bond acceptors (Lipinski definition) is 3. The van der Waals surface area contributed by atoms with Crippen molar-refractivity contribution in [3.05, 3.63) is 103 Å². The molecule has 1 heterocycles. The van der Waals surface area contributed by atoms with Crippen LogP contribution in [0.5, 0.6) is 0 Å². The van der Waals surface area contributed by atoms with Crippen LogP contribution in [0.2, 0.25) is 0 Å². The van der Waals surface area contributed by atoms with E-state index in [0.717, 1.165) is 39.3 Å². The molecule has 29 heavy (non-hydrogen) atoms. The van der Waals surface area contributed by atoms with Crippen molar-refractivity contribution in [1.82, 2.24) is 4.98 Å². The van der Waals surface area contributed by atoms with Crippen molar-refractivity contribution in [1.29, 1.82) is 0 Å². The molecule has 0 unspecified atom stereocenters. The van der Waals surface area contributed by atoms with Crippen LogP contribution in [0.4, 0.5) is 11.4 Å². The van der Waals surface area contributed by atoms with Gasteiger partial charge in [-0.3, -0.25) is 9.98 Å². The molecule has 4 aromatic rings. The lowest BCUT2D eigenvalue weighted by atomic mass is 9.95. The standard InChI is InChI=1S/C26H23N3/c1-29(2)23-17-24(20-11-5-3-6-12-20)26(28-19-22-15-9-10-16-27-22)25(18-23)21-13-7-4-8-14-21/h3-19H,1-2H3. The molecule has 3 heteroatoms. The van der Waals surface area contributed by atoms with Crippen LogP contribution in [0.3, 0.4) is 0 Å². The molecule has 0 N–H and O–H groups in total. The van der Waals surface area contributed by atoms with Gasteiger partial charge in [0.2, 0.25) is 0 Å². The van der Waals surface area contributed by atoms with Crippen LogP contribution >= 0.6 is 0 Å². The van der Waals surface area contributed by atoms with E-state index in [0.29, 0.717) is 0 Å². The highest BCUT2D eigenvalue weighted by atomic mass is 15.1. The van der Waals surface area contributed by atoms with Gasteiger partial charge >= 0.3 is 0 Å². The maximum atomic E-state index is 4.92. The van der Waals surface area contributed by atoms with Gasteiger partial charge in [-0.15, -0.1) is 0 Å². The summed E-state index contributed by atoms with van der Waals surface area (Å²) in [6, 6.07) is 31.1. The van der Waals surface area contributed by atoms with Crippen LogP contribution in [-0.2, 0) is 0 Å². The highest BCUT2D eigenvalue weighted by Gasteiger charge is 2.14. The summed E-state index contributed by atoms with van der Waals surface area (Å²) >= 11 is 0. The van der Waals surface area contributed by atoms with E-state index in [1.54, 1.807) is 6.20 Å². The van der Waals surface area contributed by atoms with Gasteiger partial charge in [-0.05, 0) is 35.4 Å². The number of aliphatic imine (C=N–C) groups is 1. The fourth-order valence-electron chi connectivity index (χ4n) is 3.28. The van der Waals surface area contributed by atoms with E-state index in [1.165, 1.54) is 0 Å². The van der Waals surface area contributed by atoms with Crippen molar-refractivity contribution in [2.24, 2.45) is 4.99 Å². The van der Waals surface area contributed by atoms with Gasteiger partial charge in [0, 0.05) is 37.1 Å². The lowest BCUT2D eigenvalue weighted by molar-refractivity contribution is 1.13. The summed E-state index contributed by atoms with van der Waals surface area (Å²) in [6.07, 6.45) is 3.62. The van der Waals surface area contributed by atoms with E-state index in [1.807, 2.05) is 36.5 Å². The first-order chi connectivity index (χ1) is 14.2. The minimum atomic E-state index is 0.835. The molecular formula is C26H23N3. The Morgan fingerprint density at radius 3 is 1.76 bits per heavy atom. The predicted molar refractivity (Wildman–Crippen MR) is 123 cm³/mol. The van der Waals surface area contributed by atoms with Gasteiger partial charge < -0.3 is 4.90 Å². The van der Waals surface area contributed by atoms with Gasteiger partial charge in [-0.1, -0.05) is 66.7 Å². The second-order valence-electron chi connectivity index (χ2n) is 7.03. The number of rotatable bonds is 5. The second-order valence-corrected chi connectivity index (χ2v) is 7.03. The summed E-state index contributed by atoms with van der Waals surface area (Å²) in [7, 11) is 4.13. The fraction of sp³-hybridized carbons (Fsp3) is 0.0769. The van der Waals surface area contributed by atoms with Gasteiger partial charge in [-0.25, -0.2) is 0 Å². The molecule has 0 aliphatic carbocycles. The van der Waals surface area contributed by atoms with Crippen LogP contribution in [0, 0.1) is 0 Å². The summed E-state index contributed by atoms with van der Waals surface area (Å²) in [5.41, 5.74) is 7.40. The SMILES string of the molecule is CN(C)c1cc(-c2ccccc2)c(N=Cc2ccccn2)c(-c2ccccc2)c1. The quantitative estimate of drug-likeness (QED) is 0.386. The monoisotopic (exact) mass is 377 g/mol. The van der Waals surface area contributed by atoms with Crippen molar-refractivity contribution in [3.8, 4) is 22.3 Å². The molecule has 142 valence electrons. The third kappa shape index (κ3) is 4.25. The molecule has 0 fully saturated rings. The molecule has 0 aliphatic heterocycles. The Hall–Kier alpha value is -3.72. The maximum absolute atomic E-state index is 4.92. The highest BCUT2D eigenvalue weighted by molar-refractivity contribution is 5.94. The zero-order valence-corrected chi connectivity index (χ0v) is 16.7. The topological polar surface area (TPSA) is 28.5 Å². The van der Waals surface area contributed by atoms with Crippen LogP contribution in [0.25, 0.3) is 22.3 Å². The fourth-order valence-corrected chi connectivity index (χ4v) is 3.28. The molecule has 0 saturated carbocycles. The predicted octanol–water partition coefficient (Wildman–Crippen LogP) is 6.23. The molecule has 0 bridgehead atoms. The van der Waals surface area contributed by atoms with Crippen LogP contribution in [0.15, 0.2) is 102 Å². The molecule has 4 rings (SSSR count). The van der Waals surface area contributed by atoms with E-state index in [-0.39, 0.29) is 0 Å². The normalized spacial score (nSPS) is 11.0. The first-order valence-corrected chi connectivity index (χ1v) is 9.64. The maximum Gasteiger partial charge on any atom is 0.0812 e. The molecule has 0 atom stereocenters. The Kier molecular flexibility index (Phi) is 5.48. The molecule has 0 aliphatic rings. The van der Waals surface area contributed by atoms with Crippen molar-refractivity contribution >= 4 is 17.6 Å². The largest absolute Gasteiger partial charge is 0.378 e. The zero-order valence-electron chi connectivity index (χ0n) is 16.7. The molecule has 3 nitrogen and oxygen atoms in total. The number of pyridine rings is 1. The van der Waals surface area contributed by atoms with E-state index in [9.17, 15) is 0 Å². The van der Waals surface area contributed by atoms with Crippen molar-refractivity contribution in [3.63, 3.8) is 0 Å². The summed E-state index contributed by atoms with van der Waals surface area (Å²) in [5.74, 6) is 0. The number of hydrogen-bond donors (Lipinski definition) is 0. The molecule has 0 radical (unpaired) electrons. The zero-order chi connectivity index (χ0) is 20.1. The van der Waals surface area contributed by atoms with Crippen LogP contribution in [0.1, 0.15) is 5.69 Å². The van der Waals surface area contributed by atoms with Gasteiger partial charge in [0.25, 0.3) is 0 Å². The van der Waals surface area contributed by atoms with Gasteiger partial charge in [0.1, 0.15) is 0 Å². The molecule has 0 spiro atoms. The molecular weight excluding hydrogens is 354 g/mol. The van der Waals surface area contributed by atoms with E-state index in [4.69, 9.17) is 4.99 Å². The number of aromatic nitrogens is 1. The molecule has 0 saturated heterocycles. The summed E-state index contributed by atoms with van der Waals surface area (Å²) in [4.78, 5) is 11.4. The molecule has 1 aromatic heterocycles. The Morgan fingerprint density at radius 1 is 0.724 bits per heavy atom.